The van der Waals surface area contributed by atoms with E-state index in [1.54, 1.807) is 24.3 Å². The molecule has 1 rings (SSSR count). The van der Waals surface area contributed by atoms with Gasteiger partial charge >= 0.3 is 5.97 Å². The van der Waals surface area contributed by atoms with Crippen LogP contribution in [0.2, 0.25) is 0 Å². The van der Waals surface area contributed by atoms with Crippen LogP contribution >= 0.6 is 0 Å². The van der Waals surface area contributed by atoms with E-state index in [1.807, 2.05) is 12.2 Å². The van der Waals surface area contributed by atoms with Crippen LogP contribution in [0.3, 0.4) is 0 Å². The Balaban J connectivity index is 2.06. The first-order valence-corrected chi connectivity index (χ1v) is 11.4. The molecule has 0 aliphatic carbocycles. The molecule has 0 saturated carbocycles. The van der Waals surface area contributed by atoms with E-state index in [-0.39, 0.29) is 12.4 Å². The first kappa shape index (κ1) is 26.8. The second-order valence-electron chi connectivity index (χ2n) is 7.08. The van der Waals surface area contributed by atoms with Gasteiger partial charge in [0.1, 0.15) is 5.75 Å². The zero-order valence-electron chi connectivity index (χ0n) is 19.2. The van der Waals surface area contributed by atoms with Crippen LogP contribution in [0.15, 0.2) is 97.2 Å². The highest BCUT2D eigenvalue weighted by Gasteiger charge is 2.07. The van der Waals surface area contributed by atoms with E-state index in [1.165, 1.54) is 0 Å². The molecule has 0 radical (unpaired) electrons. The van der Waals surface area contributed by atoms with E-state index in [0.717, 1.165) is 38.5 Å². The van der Waals surface area contributed by atoms with E-state index < -0.39 is 0 Å². The number of benzene rings is 1. The normalized spacial score (nSPS) is 12.4. The Bertz CT molecular complexity index is 823. The van der Waals surface area contributed by atoms with E-state index in [0.29, 0.717) is 24.0 Å². The Hall–Kier alpha value is -3.20. The average molecular weight is 433 g/mol. The molecule has 0 unspecified atom stereocenters. The van der Waals surface area contributed by atoms with Crippen LogP contribution < -0.4 is 4.74 Å². The first-order chi connectivity index (χ1) is 15.8. The van der Waals surface area contributed by atoms with Crippen molar-refractivity contribution in [3.05, 3.63) is 103 Å². The van der Waals surface area contributed by atoms with Gasteiger partial charge in [-0.15, -0.1) is 0 Å². The standard InChI is InChI=1S/C29H36O3/c1-2-3-4-5-6-7-8-9-10-11-12-13-14-15-16-17-18-19-20-25-29(31)32-28-24-22-21-23-27(28)26-30/h3-4,6-7,9-10,12-13,15-16,18-19,21-24,26H,2,5,8,11,14,17,20,25H2,1H3. The predicted molar refractivity (Wildman–Crippen MR) is 135 cm³/mol. The second-order valence-corrected chi connectivity index (χ2v) is 7.08. The third-order valence-electron chi connectivity index (χ3n) is 4.38. The van der Waals surface area contributed by atoms with Crippen molar-refractivity contribution in [3.63, 3.8) is 0 Å². The molecular weight excluding hydrogens is 396 g/mol. The van der Waals surface area contributed by atoms with Crippen LogP contribution in [0, 0.1) is 0 Å². The summed E-state index contributed by atoms with van der Waals surface area (Å²) in [6, 6.07) is 6.72. The Morgan fingerprint density at radius 3 is 1.69 bits per heavy atom. The molecule has 1 aromatic carbocycles. The van der Waals surface area contributed by atoms with Crippen molar-refractivity contribution < 1.29 is 14.3 Å². The SMILES string of the molecule is CCC=CCC=CCC=CCC=CCC=CCC=CCCC(=O)Oc1ccccc1C=O. The smallest absolute Gasteiger partial charge is 0.311 e. The van der Waals surface area contributed by atoms with Gasteiger partial charge in [0.05, 0.1) is 5.56 Å². The molecule has 0 aliphatic rings. The summed E-state index contributed by atoms with van der Waals surface area (Å²) >= 11 is 0. The van der Waals surface area contributed by atoms with Gasteiger partial charge in [0.25, 0.3) is 0 Å². The number of para-hydroxylation sites is 1. The number of hydrogen-bond acceptors (Lipinski definition) is 3. The minimum absolute atomic E-state index is 0.287. The van der Waals surface area contributed by atoms with E-state index in [2.05, 4.69) is 67.7 Å². The van der Waals surface area contributed by atoms with Crippen molar-refractivity contribution in [3.8, 4) is 5.75 Å². The summed E-state index contributed by atoms with van der Waals surface area (Å²) in [6.45, 7) is 2.15. The molecule has 3 nitrogen and oxygen atoms in total. The van der Waals surface area contributed by atoms with Crippen LogP contribution in [0.5, 0.6) is 5.75 Å². The molecule has 170 valence electrons. The van der Waals surface area contributed by atoms with Crippen molar-refractivity contribution in [2.45, 2.75) is 58.3 Å². The van der Waals surface area contributed by atoms with Gasteiger partial charge in [0, 0.05) is 6.42 Å². The molecule has 0 N–H and O–H groups in total. The number of rotatable bonds is 16. The van der Waals surface area contributed by atoms with Gasteiger partial charge in [0.2, 0.25) is 0 Å². The van der Waals surface area contributed by atoms with E-state index >= 15 is 0 Å². The summed E-state index contributed by atoms with van der Waals surface area (Å²) in [6.07, 6.45) is 33.2. The van der Waals surface area contributed by atoms with Crippen LogP contribution in [-0.4, -0.2) is 12.3 Å². The Kier molecular flexibility index (Phi) is 16.6. The Morgan fingerprint density at radius 2 is 1.19 bits per heavy atom. The lowest BCUT2D eigenvalue weighted by Gasteiger charge is -2.05. The molecule has 3 heteroatoms. The summed E-state index contributed by atoms with van der Waals surface area (Å²) in [4.78, 5) is 22.8. The lowest BCUT2D eigenvalue weighted by Crippen LogP contribution is -2.08. The highest BCUT2D eigenvalue weighted by Crippen LogP contribution is 2.16. The molecule has 0 saturated heterocycles. The number of allylic oxidation sites excluding steroid dienone is 12. The average Bonchev–Trinajstić information content (AvgIpc) is 2.81. The van der Waals surface area contributed by atoms with Gasteiger partial charge in [-0.3, -0.25) is 9.59 Å². The van der Waals surface area contributed by atoms with Gasteiger partial charge in [-0.1, -0.05) is 92.0 Å². The Morgan fingerprint density at radius 1 is 0.719 bits per heavy atom. The summed E-state index contributed by atoms with van der Waals surface area (Å²) in [5.74, 6) is -0.0194. The molecular formula is C29H36O3. The molecule has 0 amide bonds. The van der Waals surface area contributed by atoms with Crippen molar-refractivity contribution in [2.24, 2.45) is 0 Å². The fourth-order valence-electron chi connectivity index (χ4n) is 2.69. The fraction of sp³-hybridized carbons (Fsp3) is 0.310. The Labute approximate surface area is 193 Å². The van der Waals surface area contributed by atoms with Crippen LogP contribution in [-0.2, 0) is 4.79 Å². The largest absolute Gasteiger partial charge is 0.426 e. The van der Waals surface area contributed by atoms with Crippen molar-refractivity contribution in [1.82, 2.24) is 0 Å². The molecule has 0 fully saturated rings. The van der Waals surface area contributed by atoms with Crippen molar-refractivity contribution >= 4 is 12.3 Å². The number of esters is 1. The maximum atomic E-state index is 11.9. The molecule has 0 spiro atoms. The van der Waals surface area contributed by atoms with Crippen molar-refractivity contribution in [2.75, 3.05) is 0 Å². The van der Waals surface area contributed by atoms with Gasteiger partial charge < -0.3 is 4.74 Å². The highest BCUT2D eigenvalue weighted by molar-refractivity contribution is 5.82. The maximum absolute atomic E-state index is 11.9. The fourth-order valence-corrected chi connectivity index (χ4v) is 2.69. The molecule has 32 heavy (non-hydrogen) atoms. The minimum atomic E-state index is -0.334. The van der Waals surface area contributed by atoms with Crippen molar-refractivity contribution in [1.29, 1.82) is 0 Å². The second kappa shape index (κ2) is 19.7. The number of ether oxygens (including phenoxy) is 1. The third-order valence-corrected chi connectivity index (χ3v) is 4.38. The molecule has 0 bridgehead atoms. The van der Waals surface area contributed by atoms with Gasteiger partial charge in [-0.2, -0.15) is 0 Å². The number of carbonyl (C=O) groups excluding carboxylic acids is 2. The zero-order chi connectivity index (χ0) is 23.1. The lowest BCUT2D eigenvalue weighted by molar-refractivity contribution is -0.134. The molecule has 0 aromatic heterocycles. The van der Waals surface area contributed by atoms with Gasteiger partial charge in [-0.25, -0.2) is 0 Å². The molecule has 0 atom stereocenters. The third kappa shape index (κ3) is 14.7. The summed E-state index contributed by atoms with van der Waals surface area (Å²) < 4.78 is 5.24. The first-order valence-electron chi connectivity index (χ1n) is 11.4. The summed E-state index contributed by atoms with van der Waals surface area (Å²) in [5, 5.41) is 0. The monoisotopic (exact) mass is 432 g/mol. The van der Waals surface area contributed by atoms with Crippen LogP contribution in [0.1, 0.15) is 68.6 Å². The summed E-state index contributed by atoms with van der Waals surface area (Å²) in [7, 11) is 0. The van der Waals surface area contributed by atoms with Gasteiger partial charge in [0.15, 0.2) is 6.29 Å². The van der Waals surface area contributed by atoms with E-state index in [9.17, 15) is 9.59 Å². The highest BCUT2D eigenvalue weighted by atomic mass is 16.5. The summed E-state index contributed by atoms with van der Waals surface area (Å²) in [5.41, 5.74) is 0.384. The van der Waals surface area contributed by atoms with E-state index in [4.69, 9.17) is 4.74 Å². The zero-order valence-corrected chi connectivity index (χ0v) is 19.2. The number of carbonyl (C=O) groups is 2. The number of hydrogen-bond donors (Lipinski definition) is 0. The molecule has 0 heterocycles. The van der Waals surface area contributed by atoms with Crippen LogP contribution in [0.25, 0.3) is 0 Å². The lowest BCUT2D eigenvalue weighted by atomic mass is 10.2. The quantitative estimate of drug-likeness (QED) is 0.115. The maximum Gasteiger partial charge on any atom is 0.311 e. The molecule has 0 aliphatic heterocycles. The predicted octanol–water partition coefficient (Wildman–Crippen LogP) is 7.88. The topological polar surface area (TPSA) is 43.4 Å². The van der Waals surface area contributed by atoms with Crippen LogP contribution in [0.4, 0.5) is 0 Å². The van der Waals surface area contributed by atoms with Gasteiger partial charge in [-0.05, 0) is 57.1 Å². The minimum Gasteiger partial charge on any atom is -0.426 e. The molecule has 1 aromatic rings. The number of aldehydes is 1.